The van der Waals surface area contributed by atoms with E-state index in [0.29, 0.717) is 17.8 Å². The second kappa shape index (κ2) is 4.61. The van der Waals surface area contributed by atoms with Gasteiger partial charge in [0.1, 0.15) is 5.75 Å². The van der Waals surface area contributed by atoms with Crippen LogP contribution in [-0.2, 0) is 11.2 Å². The Bertz CT molecular complexity index is 674. The third kappa shape index (κ3) is 2.22. The molecule has 3 rings (SSSR count). The second-order valence-electron chi connectivity index (χ2n) is 4.50. The molecular weight excluding hydrogens is 238 g/mol. The first kappa shape index (κ1) is 11.5. The van der Waals surface area contributed by atoms with E-state index in [1.165, 1.54) is 0 Å². The number of fused-ring (bicyclic) bond motifs is 1. The molecule has 0 spiro atoms. The number of rotatable bonds is 2. The highest BCUT2D eigenvalue weighted by Crippen LogP contribution is 2.27. The quantitative estimate of drug-likeness (QED) is 0.807. The van der Waals surface area contributed by atoms with Gasteiger partial charge in [-0.2, -0.15) is 0 Å². The molecule has 0 aromatic heterocycles. The van der Waals surface area contributed by atoms with Crippen LogP contribution in [0.15, 0.2) is 54.2 Å². The standard InChI is InChI=1S/C16H13NO2/c18-15-8-4-3-7-13(15)17-14-9-11-5-1-2-6-12(11)10-16(14)19/h1-9,17-18H,10H2. The van der Waals surface area contributed by atoms with Crippen LogP contribution in [0.1, 0.15) is 11.1 Å². The van der Waals surface area contributed by atoms with Crippen molar-refractivity contribution < 1.29 is 9.90 Å². The van der Waals surface area contributed by atoms with Crippen molar-refractivity contribution in [1.29, 1.82) is 0 Å². The molecule has 0 heterocycles. The van der Waals surface area contributed by atoms with Crippen LogP contribution in [0, 0.1) is 0 Å². The van der Waals surface area contributed by atoms with Gasteiger partial charge in [-0.15, -0.1) is 0 Å². The zero-order chi connectivity index (χ0) is 13.2. The van der Waals surface area contributed by atoms with E-state index in [-0.39, 0.29) is 11.5 Å². The summed E-state index contributed by atoms with van der Waals surface area (Å²) in [6, 6.07) is 14.7. The first-order chi connectivity index (χ1) is 9.24. The first-order valence-corrected chi connectivity index (χ1v) is 6.12. The minimum Gasteiger partial charge on any atom is -0.506 e. The number of Topliss-reactive ketones (excluding diaryl/α,β-unsaturated/α-hetero) is 1. The molecule has 0 saturated heterocycles. The average Bonchev–Trinajstić information content (AvgIpc) is 2.42. The molecule has 2 aromatic rings. The number of phenols is 1. The molecule has 19 heavy (non-hydrogen) atoms. The monoisotopic (exact) mass is 251 g/mol. The van der Waals surface area contributed by atoms with Crippen molar-refractivity contribution in [1.82, 2.24) is 0 Å². The Balaban J connectivity index is 1.96. The maximum absolute atomic E-state index is 12.1. The minimum absolute atomic E-state index is 0.0296. The summed E-state index contributed by atoms with van der Waals surface area (Å²) in [4.78, 5) is 12.1. The number of carbonyl (C=O) groups is 1. The molecular formula is C16H13NO2. The predicted molar refractivity (Wildman–Crippen MR) is 74.9 cm³/mol. The van der Waals surface area contributed by atoms with Crippen molar-refractivity contribution in [2.45, 2.75) is 6.42 Å². The highest BCUT2D eigenvalue weighted by Gasteiger charge is 2.18. The fourth-order valence-corrected chi connectivity index (χ4v) is 2.17. The Morgan fingerprint density at radius 2 is 1.74 bits per heavy atom. The van der Waals surface area contributed by atoms with E-state index in [0.717, 1.165) is 11.1 Å². The van der Waals surface area contributed by atoms with E-state index in [1.54, 1.807) is 18.2 Å². The zero-order valence-electron chi connectivity index (χ0n) is 10.3. The number of phenolic OH excluding ortho intramolecular Hbond substituents is 1. The number of hydrogen-bond acceptors (Lipinski definition) is 3. The normalized spacial score (nSPS) is 13.7. The van der Waals surface area contributed by atoms with E-state index in [2.05, 4.69) is 5.32 Å². The number of hydrogen-bond donors (Lipinski definition) is 2. The van der Waals surface area contributed by atoms with Crippen LogP contribution in [-0.4, -0.2) is 10.9 Å². The summed E-state index contributed by atoms with van der Waals surface area (Å²) >= 11 is 0. The molecule has 0 aliphatic heterocycles. The number of allylic oxidation sites excluding steroid dienone is 1. The third-order valence-electron chi connectivity index (χ3n) is 3.18. The molecule has 0 bridgehead atoms. The van der Waals surface area contributed by atoms with Crippen molar-refractivity contribution in [3.63, 3.8) is 0 Å². The van der Waals surface area contributed by atoms with Gasteiger partial charge in [0.2, 0.25) is 0 Å². The molecule has 2 N–H and O–H groups in total. The van der Waals surface area contributed by atoms with Gasteiger partial charge >= 0.3 is 0 Å². The Kier molecular flexibility index (Phi) is 2.80. The van der Waals surface area contributed by atoms with Crippen LogP contribution in [0.2, 0.25) is 0 Å². The summed E-state index contributed by atoms with van der Waals surface area (Å²) in [6.07, 6.45) is 2.22. The molecule has 0 atom stereocenters. The highest BCUT2D eigenvalue weighted by molar-refractivity contribution is 6.06. The number of aromatic hydroxyl groups is 1. The van der Waals surface area contributed by atoms with Gasteiger partial charge in [-0.05, 0) is 29.3 Å². The minimum atomic E-state index is 0.0296. The van der Waals surface area contributed by atoms with Crippen LogP contribution in [0.4, 0.5) is 5.69 Å². The molecule has 2 aromatic carbocycles. The van der Waals surface area contributed by atoms with Crippen LogP contribution in [0.5, 0.6) is 5.75 Å². The lowest BCUT2D eigenvalue weighted by Crippen LogP contribution is -2.18. The molecule has 1 aliphatic rings. The second-order valence-corrected chi connectivity index (χ2v) is 4.50. The van der Waals surface area contributed by atoms with E-state index in [4.69, 9.17) is 0 Å². The van der Waals surface area contributed by atoms with E-state index in [9.17, 15) is 9.90 Å². The molecule has 94 valence electrons. The van der Waals surface area contributed by atoms with Gasteiger partial charge in [-0.3, -0.25) is 4.79 Å². The molecule has 0 radical (unpaired) electrons. The largest absolute Gasteiger partial charge is 0.506 e. The van der Waals surface area contributed by atoms with E-state index >= 15 is 0 Å². The van der Waals surface area contributed by atoms with Crippen molar-refractivity contribution in [3.8, 4) is 5.75 Å². The van der Waals surface area contributed by atoms with E-state index in [1.807, 2.05) is 36.4 Å². The number of nitrogens with one attached hydrogen (secondary N) is 1. The highest BCUT2D eigenvalue weighted by atomic mass is 16.3. The fourth-order valence-electron chi connectivity index (χ4n) is 2.17. The van der Waals surface area contributed by atoms with Crippen LogP contribution in [0.3, 0.4) is 0 Å². The van der Waals surface area contributed by atoms with Gasteiger partial charge in [-0.1, -0.05) is 36.4 Å². The maximum Gasteiger partial charge on any atom is 0.183 e. The summed E-state index contributed by atoms with van der Waals surface area (Å²) in [5.41, 5.74) is 3.14. The van der Waals surface area contributed by atoms with Gasteiger partial charge in [0, 0.05) is 6.42 Å². The summed E-state index contributed by atoms with van der Waals surface area (Å²) in [6.45, 7) is 0. The molecule has 0 amide bonds. The molecule has 3 heteroatoms. The topological polar surface area (TPSA) is 49.3 Å². The van der Waals surface area contributed by atoms with Crippen molar-refractivity contribution in [3.05, 3.63) is 65.4 Å². The molecule has 0 unspecified atom stereocenters. The van der Waals surface area contributed by atoms with Gasteiger partial charge in [0.05, 0.1) is 11.4 Å². The number of para-hydroxylation sites is 2. The van der Waals surface area contributed by atoms with Gasteiger partial charge < -0.3 is 10.4 Å². The number of carbonyl (C=O) groups excluding carboxylic acids is 1. The van der Waals surface area contributed by atoms with Crippen LogP contribution in [0.25, 0.3) is 6.08 Å². The Hall–Kier alpha value is -2.55. The zero-order valence-corrected chi connectivity index (χ0v) is 10.3. The summed E-state index contributed by atoms with van der Waals surface area (Å²) < 4.78 is 0. The van der Waals surface area contributed by atoms with Gasteiger partial charge in [-0.25, -0.2) is 0 Å². The maximum atomic E-state index is 12.1. The number of benzene rings is 2. The Morgan fingerprint density at radius 3 is 2.58 bits per heavy atom. The molecule has 1 aliphatic carbocycles. The van der Waals surface area contributed by atoms with Gasteiger partial charge in [0.25, 0.3) is 0 Å². The summed E-state index contributed by atoms with van der Waals surface area (Å²) in [5, 5.41) is 12.7. The predicted octanol–water partition coefficient (Wildman–Crippen LogP) is 2.97. The van der Waals surface area contributed by atoms with Crippen molar-refractivity contribution >= 4 is 17.5 Å². The summed E-state index contributed by atoms with van der Waals surface area (Å²) in [5.74, 6) is 0.164. The molecule has 3 nitrogen and oxygen atoms in total. The smallest absolute Gasteiger partial charge is 0.183 e. The lowest BCUT2D eigenvalue weighted by molar-refractivity contribution is -0.114. The summed E-state index contributed by atoms with van der Waals surface area (Å²) in [7, 11) is 0. The lowest BCUT2D eigenvalue weighted by atomic mass is 9.94. The Labute approximate surface area is 111 Å². The third-order valence-corrected chi connectivity index (χ3v) is 3.18. The van der Waals surface area contributed by atoms with E-state index < -0.39 is 0 Å². The first-order valence-electron chi connectivity index (χ1n) is 6.12. The SMILES string of the molecule is O=C1Cc2ccccc2C=C1Nc1ccccc1O. The van der Waals surface area contributed by atoms with Crippen molar-refractivity contribution in [2.24, 2.45) is 0 Å². The van der Waals surface area contributed by atoms with Crippen LogP contribution < -0.4 is 5.32 Å². The average molecular weight is 251 g/mol. The van der Waals surface area contributed by atoms with Crippen molar-refractivity contribution in [2.75, 3.05) is 5.32 Å². The lowest BCUT2D eigenvalue weighted by Gasteiger charge is -2.17. The molecule has 0 fully saturated rings. The Morgan fingerprint density at radius 1 is 1.00 bits per heavy atom. The molecule has 0 saturated carbocycles. The van der Waals surface area contributed by atoms with Crippen LogP contribution >= 0.6 is 0 Å². The number of ketones is 1. The van der Waals surface area contributed by atoms with Gasteiger partial charge in [0.15, 0.2) is 5.78 Å². The number of anilines is 1. The fraction of sp³-hybridized carbons (Fsp3) is 0.0625.